The molecule has 0 radical (unpaired) electrons. The zero-order valence-corrected chi connectivity index (χ0v) is 17.7. The maximum Gasteiger partial charge on any atom is 0.233 e. The molecule has 2 heterocycles. The van der Waals surface area contributed by atoms with Crippen molar-refractivity contribution >= 4 is 23.6 Å². The number of piperidine rings is 1. The van der Waals surface area contributed by atoms with Gasteiger partial charge in [-0.3, -0.25) is 14.2 Å². The predicted molar refractivity (Wildman–Crippen MR) is 114 cm³/mol. The highest BCUT2D eigenvalue weighted by Crippen LogP contribution is 2.30. The van der Waals surface area contributed by atoms with Gasteiger partial charge in [0.2, 0.25) is 11.8 Å². The third-order valence-electron chi connectivity index (χ3n) is 5.62. The summed E-state index contributed by atoms with van der Waals surface area (Å²) in [6, 6.07) is 10.4. The molecular formula is C22H28N4O2S. The van der Waals surface area contributed by atoms with Crippen molar-refractivity contribution < 1.29 is 9.59 Å². The van der Waals surface area contributed by atoms with E-state index < -0.39 is 0 Å². The fourth-order valence-corrected chi connectivity index (χ4v) is 5.24. The molecule has 1 fully saturated rings. The molecule has 2 amide bonds. The smallest absolute Gasteiger partial charge is 0.233 e. The summed E-state index contributed by atoms with van der Waals surface area (Å²) in [7, 11) is 0. The molecule has 1 aromatic carbocycles. The summed E-state index contributed by atoms with van der Waals surface area (Å²) in [5.74, 6) is 0.454. The third kappa shape index (κ3) is 4.66. The molecule has 1 saturated heterocycles. The van der Waals surface area contributed by atoms with Crippen LogP contribution in [0.5, 0.6) is 0 Å². The topological polar surface area (TPSA) is 67.2 Å². The molecule has 1 aliphatic heterocycles. The second-order valence-corrected chi connectivity index (χ2v) is 8.78. The Morgan fingerprint density at radius 1 is 1.17 bits per heavy atom. The molecule has 1 atom stereocenters. The van der Waals surface area contributed by atoms with E-state index in [1.807, 2.05) is 23.1 Å². The number of nitrogens with one attached hydrogen (secondary N) is 1. The van der Waals surface area contributed by atoms with Crippen LogP contribution in [0.2, 0.25) is 0 Å². The highest BCUT2D eigenvalue weighted by molar-refractivity contribution is 7.99. The molecule has 2 aliphatic rings. The van der Waals surface area contributed by atoms with Gasteiger partial charge in [-0.15, -0.1) is 0 Å². The van der Waals surface area contributed by atoms with Crippen LogP contribution in [0.3, 0.4) is 0 Å². The largest absolute Gasteiger partial charge is 0.352 e. The van der Waals surface area contributed by atoms with Crippen LogP contribution in [0.4, 0.5) is 0 Å². The van der Waals surface area contributed by atoms with Gasteiger partial charge >= 0.3 is 0 Å². The average molecular weight is 413 g/mol. The Morgan fingerprint density at radius 3 is 2.76 bits per heavy atom. The van der Waals surface area contributed by atoms with E-state index in [-0.39, 0.29) is 17.9 Å². The first kappa shape index (κ1) is 20.0. The number of hydrogen-bond acceptors (Lipinski definition) is 4. The van der Waals surface area contributed by atoms with Crippen LogP contribution in [0, 0.1) is 0 Å². The molecule has 0 spiro atoms. The number of para-hydroxylation sites is 1. The lowest BCUT2D eigenvalue weighted by Crippen LogP contribution is -2.49. The molecule has 154 valence electrons. The van der Waals surface area contributed by atoms with Gasteiger partial charge in [-0.2, -0.15) is 0 Å². The summed E-state index contributed by atoms with van der Waals surface area (Å²) in [5.41, 5.74) is 3.58. The van der Waals surface area contributed by atoms with Gasteiger partial charge in [-0.1, -0.05) is 30.0 Å². The number of nitrogens with zero attached hydrogens (tertiary/aromatic N) is 3. The van der Waals surface area contributed by atoms with E-state index in [9.17, 15) is 9.59 Å². The van der Waals surface area contributed by atoms with E-state index in [1.54, 1.807) is 0 Å². The Labute approximate surface area is 176 Å². The van der Waals surface area contributed by atoms with Gasteiger partial charge in [-0.25, -0.2) is 4.98 Å². The SMILES string of the molecule is CC(=O)NC1CCCN(C(=O)CSc2nc3c(n2-c2ccccc2)CCCC3)C1. The molecule has 29 heavy (non-hydrogen) atoms. The molecule has 7 heteroatoms. The first-order valence-electron chi connectivity index (χ1n) is 10.5. The summed E-state index contributed by atoms with van der Waals surface area (Å²) in [5, 5.41) is 3.86. The average Bonchev–Trinajstić information content (AvgIpc) is 3.10. The monoisotopic (exact) mass is 412 g/mol. The van der Waals surface area contributed by atoms with Crippen LogP contribution in [0.15, 0.2) is 35.5 Å². The number of amides is 2. The molecule has 1 unspecified atom stereocenters. The van der Waals surface area contributed by atoms with Crippen molar-refractivity contribution in [2.24, 2.45) is 0 Å². The number of thioether (sulfide) groups is 1. The second kappa shape index (κ2) is 9.03. The molecular weight excluding hydrogens is 384 g/mol. The number of carbonyl (C=O) groups is 2. The van der Waals surface area contributed by atoms with E-state index in [4.69, 9.17) is 4.98 Å². The fourth-order valence-electron chi connectivity index (χ4n) is 4.28. The number of rotatable bonds is 5. The van der Waals surface area contributed by atoms with Gasteiger partial charge < -0.3 is 10.2 Å². The Morgan fingerprint density at radius 2 is 1.97 bits per heavy atom. The minimum Gasteiger partial charge on any atom is -0.352 e. The van der Waals surface area contributed by atoms with E-state index in [2.05, 4.69) is 22.0 Å². The summed E-state index contributed by atoms with van der Waals surface area (Å²) < 4.78 is 2.24. The Hall–Kier alpha value is -2.28. The zero-order valence-electron chi connectivity index (χ0n) is 16.9. The lowest BCUT2D eigenvalue weighted by atomic mass is 10.0. The lowest BCUT2D eigenvalue weighted by Gasteiger charge is -2.33. The number of aromatic nitrogens is 2. The maximum atomic E-state index is 12.8. The number of likely N-dealkylation sites (tertiary alicyclic amines) is 1. The van der Waals surface area contributed by atoms with Crippen LogP contribution >= 0.6 is 11.8 Å². The van der Waals surface area contributed by atoms with Gasteiger partial charge in [0.1, 0.15) is 0 Å². The van der Waals surface area contributed by atoms with Gasteiger partial charge in [0.25, 0.3) is 0 Å². The molecule has 4 rings (SSSR count). The van der Waals surface area contributed by atoms with Crippen molar-refractivity contribution in [2.45, 2.75) is 56.6 Å². The number of hydrogen-bond donors (Lipinski definition) is 1. The van der Waals surface area contributed by atoms with Crippen molar-refractivity contribution in [1.29, 1.82) is 0 Å². The van der Waals surface area contributed by atoms with Crippen LogP contribution < -0.4 is 5.32 Å². The van der Waals surface area contributed by atoms with Crippen LogP contribution in [0.25, 0.3) is 5.69 Å². The molecule has 0 saturated carbocycles. The Bertz CT molecular complexity index is 880. The first-order chi connectivity index (χ1) is 14.1. The number of benzene rings is 1. The van der Waals surface area contributed by atoms with Crippen molar-refractivity contribution in [2.75, 3.05) is 18.8 Å². The van der Waals surface area contributed by atoms with Crippen LogP contribution in [-0.4, -0.2) is 51.1 Å². The second-order valence-electron chi connectivity index (χ2n) is 7.83. The van der Waals surface area contributed by atoms with Crippen LogP contribution in [0.1, 0.15) is 44.0 Å². The van der Waals surface area contributed by atoms with Gasteiger partial charge in [0.05, 0.1) is 11.4 Å². The summed E-state index contributed by atoms with van der Waals surface area (Å²) in [6.45, 7) is 2.89. The van der Waals surface area contributed by atoms with Gasteiger partial charge in [-0.05, 0) is 50.7 Å². The first-order valence-corrected chi connectivity index (χ1v) is 11.4. The highest BCUT2D eigenvalue weighted by atomic mass is 32.2. The van der Waals surface area contributed by atoms with E-state index in [0.717, 1.165) is 43.1 Å². The fraction of sp³-hybridized carbons (Fsp3) is 0.500. The van der Waals surface area contributed by atoms with E-state index in [0.29, 0.717) is 12.3 Å². The molecule has 0 bridgehead atoms. The summed E-state index contributed by atoms with van der Waals surface area (Å²) in [6.07, 6.45) is 6.28. The maximum absolute atomic E-state index is 12.8. The molecule has 2 aromatic rings. The minimum absolute atomic E-state index is 0.0332. The van der Waals surface area contributed by atoms with Gasteiger partial charge in [0.15, 0.2) is 5.16 Å². The quantitative estimate of drug-likeness (QED) is 0.767. The van der Waals surface area contributed by atoms with Gasteiger partial charge in [0, 0.05) is 37.4 Å². The standard InChI is InChI=1S/C22H28N4O2S/c1-16(27)23-17-8-7-13-25(14-17)21(28)15-29-22-24-19-11-5-6-12-20(19)26(22)18-9-3-2-4-10-18/h2-4,9-10,17H,5-8,11-15H2,1H3,(H,23,27). The van der Waals surface area contributed by atoms with Crippen molar-refractivity contribution in [3.8, 4) is 5.69 Å². The predicted octanol–water partition coefficient (Wildman–Crippen LogP) is 2.97. The number of aryl methyl sites for hydroxylation is 1. The molecule has 1 aromatic heterocycles. The van der Waals surface area contributed by atoms with Crippen molar-refractivity contribution in [3.05, 3.63) is 41.7 Å². The molecule has 6 nitrogen and oxygen atoms in total. The number of carbonyl (C=O) groups excluding carboxylic acids is 2. The summed E-state index contributed by atoms with van der Waals surface area (Å²) in [4.78, 5) is 31.0. The third-order valence-corrected chi connectivity index (χ3v) is 6.55. The minimum atomic E-state index is -0.0332. The Kier molecular flexibility index (Phi) is 6.23. The molecule has 1 N–H and O–H groups in total. The summed E-state index contributed by atoms with van der Waals surface area (Å²) >= 11 is 1.53. The van der Waals surface area contributed by atoms with E-state index >= 15 is 0 Å². The number of fused-ring (bicyclic) bond motifs is 1. The normalized spacial score (nSPS) is 18.9. The van der Waals surface area contributed by atoms with E-state index in [1.165, 1.54) is 42.9 Å². The lowest BCUT2D eigenvalue weighted by molar-refractivity contribution is -0.130. The van der Waals surface area contributed by atoms with Crippen molar-refractivity contribution in [1.82, 2.24) is 19.8 Å². The molecule has 1 aliphatic carbocycles. The highest BCUT2D eigenvalue weighted by Gasteiger charge is 2.26. The van der Waals surface area contributed by atoms with Crippen molar-refractivity contribution in [3.63, 3.8) is 0 Å². The zero-order chi connectivity index (χ0) is 20.2. The number of imidazole rings is 1. The van der Waals surface area contributed by atoms with Crippen LogP contribution in [-0.2, 0) is 22.4 Å². The Balaban J connectivity index is 1.48.